The van der Waals surface area contributed by atoms with Crippen LogP contribution in [0.5, 0.6) is 5.75 Å². The Hall–Kier alpha value is -3.43. The third kappa shape index (κ3) is 4.69. The first kappa shape index (κ1) is 27.7. The summed E-state index contributed by atoms with van der Waals surface area (Å²) in [6, 6.07) is 10.5. The predicted octanol–water partition coefficient (Wildman–Crippen LogP) is 4.24. The van der Waals surface area contributed by atoms with E-state index in [-0.39, 0.29) is 29.9 Å². The van der Waals surface area contributed by atoms with Crippen LogP contribution in [-0.2, 0) is 16.0 Å². The van der Waals surface area contributed by atoms with Crippen molar-refractivity contribution in [2.45, 2.75) is 101 Å². The van der Waals surface area contributed by atoms with E-state index in [1.54, 1.807) is 18.1 Å². The van der Waals surface area contributed by atoms with Crippen molar-refractivity contribution in [1.29, 1.82) is 0 Å². The first-order valence-electron chi connectivity index (χ1n) is 14.7. The number of rotatable bonds is 2. The van der Waals surface area contributed by atoms with E-state index in [0.29, 0.717) is 24.2 Å². The van der Waals surface area contributed by atoms with Gasteiger partial charge in [0.1, 0.15) is 17.5 Å². The predicted molar refractivity (Wildman–Crippen MR) is 155 cm³/mol. The highest BCUT2D eigenvalue weighted by molar-refractivity contribution is 6.00. The van der Waals surface area contributed by atoms with E-state index in [0.717, 1.165) is 54.4 Å². The quantitative estimate of drug-likeness (QED) is 0.504. The Morgan fingerprint density at radius 2 is 1.95 bits per heavy atom. The first-order chi connectivity index (χ1) is 19.6. The number of nitrogens with one attached hydrogen (secondary N) is 1. The summed E-state index contributed by atoms with van der Waals surface area (Å²) in [5.74, 6) is 0.540. The standard InChI is InChI=1S/C32H40N4O5/c1-5-32-13-7-6-8-18-9-12-24-22(14-18)27(28(38)31(2,3)41-24)34-29(39)19-10-11-20-21(15-19)23(16-25(20)40-4)36(26(37)17-32)30(33)35-32/h9-12,14-15,23,25,27-28,38H,5-8,13,16-17H2,1-4H3,(H2,33,35)(H,34,39)/t23-,25+,27-,28+,32-/m1/s1. The molecule has 6 bridgehead atoms. The summed E-state index contributed by atoms with van der Waals surface area (Å²) in [7, 11) is 1.65. The Balaban J connectivity index is 1.46. The molecule has 2 aromatic carbocycles. The van der Waals surface area contributed by atoms with Gasteiger partial charge in [0.2, 0.25) is 5.91 Å². The third-order valence-electron chi connectivity index (χ3n) is 9.55. The van der Waals surface area contributed by atoms with E-state index < -0.39 is 23.3 Å². The van der Waals surface area contributed by atoms with Gasteiger partial charge in [0.05, 0.1) is 30.1 Å². The van der Waals surface area contributed by atoms with Crippen molar-refractivity contribution in [3.05, 3.63) is 64.2 Å². The zero-order valence-electron chi connectivity index (χ0n) is 24.3. The van der Waals surface area contributed by atoms with Crippen LogP contribution in [0, 0.1) is 0 Å². The van der Waals surface area contributed by atoms with Gasteiger partial charge < -0.3 is 25.6 Å². The van der Waals surface area contributed by atoms with Gasteiger partial charge in [-0.1, -0.05) is 25.5 Å². The number of aliphatic hydroxyl groups is 1. The van der Waals surface area contributed by atoms with Gasteiger partial charge in [0.25, 0.3) is 5.91 Å². The maximum atomic E-state index is 13.8. The zero-order chi connectivity index (χ0) is 29.1. The van der Waals surface area contributed by atoms with Crippen LogP contribution in [0.4, 0.5) is 0 Å². The van der Waals surface area contributed by atoms with E-state index >= 15 is 0 Å². The summed E-state index contributed by atoms with van der Waals surface area (Å²) >= 11 is 0. The molecule has 4 aliphatic heterocycles. The molecule has 2 aromatic rings. The lowest BCUT2D eigenvalue weighted by Crippen LogP contribution is -2.53. The van der Waals surface area contributed by atoms with Gasteiger partial charge in [-0.05, 0) is 80.5 Å². The number of fused-ring (bicyclic) bond motifs is 5. The van der Waals surface area contributed by atoms with Crippen molar-refractivity contribution in [3.8, 4) is 5.75 Å². The minimum atomic E-state index is -0.959. The van der Waals surface area contributed by atoms with E-state index in [2.05, 4.69) is 12.2 Å². The first-order valence-corrected chi connectivity index (χ1v) is 14.7. The number of carbonyl (C=O) groups is 2. The average Bonchev–Trinajstić information content (AvgIpc) is 3.30. The van der Waals surface area contributed by atoms with Crippen LogP contribution < -0.4 is 15.8 Å². The SMILES string of the molecule is CC[C@@]12CCCCc3ccc4c(c3)[C@@H](NC(=O)c3ccc5c(c3)[C@@H](C[C@@H]5OC)N(C(=O)C1)C(N)=N2)[C@H](O)C(C)(C)O4. The number of aliphatic hydroxyl groups excluding tert-OH is 1. The Morgan fingerprint density at radius 3 is 2.68 bits per heavy atom. The average molecular weight is 561 g/mol. The molecule has 4 heterocycles. The minimum absolute atomic E-state index is 0.0455. The Kier molecular flexibility index (Phi) is 6.85. The number of nitrogens with two attached hydrogens (primary N) is 1. The molecule has 9 heteroatoms. The number of hydrogen-bond acceptors (Lipinski definition) is 7. The summed E-state index contributed by atoms with van der Waals surface area (Å²) < 4.78 is 12.0. The molecule has 2 amide bonds. The molecule has 0 saturated heterocycles. The number of guanidine groups is 1. The zero-order valence-corrected chi connectivity index (χ0v) is 24.3. The molecule has 7 rings (SSSR count). The second-order valence-corrected chi connectivity index (χ2v) is 12.5. The summed E-state index contributed by atoms with van der Waals surface area (Å²) in [5, 5.41) is 14.4. The Bertz CT molecular complexity index is 1420. The van der Waals surface area contributed by atoms with Gasteiger partial charge in [-0.2, -0.15) is 0 Å². The molecule has 5 atom stereocenters. The molecule has 0 spiro atoms. The Morgan fingerprint density at radius 1 is 1.15 bits per heavy atom. The fourth-order valence-corrected chi connectivity index (χ4v) is 7.08. The lowest BCUT2D eigenvalue weighted by atomic mass is 9.83. The van der Waals surface area contributed by atoms with Crippen LogP contribution in [-0.4, -0.2) is 52.1 Å². The van der Waals surface area contributed by atoms with Crippen LogP contribution >= 0.6 is 0 Å². The normalized spacial score (nSPS) is 30.7. The van der Waals surface area contributed by atoms with Crippen molar-refractivity contribution >= 4 is 17.8 Å². The minimum Gasteiger partial charge on any atom is -0.485 e. The smallest absolute Gasteiger partial charge is 0.251 e. The Labute approximate surface area is 241 Å². The van der Waals surface area contributed by atoms with Gasteiger partial charge in [-0.25, -0.2) is 4.99 Å². The summed E-state index contributed by atoms with van der Waals surface area (Å²) in [6.45, 7) is 5.72. The van der Waals surface area contributed by atoms with Gasteiger partial charge in [0, 0.05) is 24.7 Å². The maximum Gasteiger partial charge on any atom is 0.251 e. The number of amides is 2. The van der Waals surface area contributed by atoms with Crippen molar-refractivity contribution in [3.63, 3.8) is 0 Å². The van der Waals surface area contributed by atoms with Gasteiger partial charge in [0.15, 0.2) is 5.96 Å². The number of ether oxygens (including phenoxy) is 2. The van der Waals surface area contributed by atoms with Crippen LogP contribution in [0.15, 0.2) is 41.4 Å². The highest BCUT2D eigenvalue weighted by Gasteiger charge is 2.46. The number of aliphatic imine (C=N–C) groups is 1. The monoisotopic (exact) mass is 560 g/mol. The molecule has 0 fully saturated rings. The number of benzene rings is 2. The fraction of sp³-hybridized carbons (Fsp3) is 0.531. The summed E-state index contributed by atoms with van der Waals surface area (Å²) in [4.78, 5) is 34.1. The van der Waals surface area contributed by atoms with Crippen molar-refractivity contribution in [2.75, 3.05) is 7.11 Å². The van der Waals surface area contributed by atoms with Crippen LogP contribution in [0.3, 0.4) is 0 Å². The van der Waals surface area contributed by atoms with E-state index in [1.165, 1.54) is 0 Å². The highest BCUT2D eigenvalue weighted by atomic mass is 16.5. The second-order valence-electron chi connectivity index (χ2n) is 12.5. The van der Waals surface area contributed by atoms with E-state index in [9.17, 15) is 14.7 Å². The fourth-order valence-electron chi connectivity index (χ4n) is 7.08. The van der Waals surface area contributed by atoms with E-state index in [1.807, 2.05) is 44.2 Å². The maximum absolute atomic E-state index is 13.8. The van der Waals surface area contributed by atoms with E-state index in [4.69, 9.17) is 20.2 Å². The third-order valence-corrected chi connectivity index (χ3v) is 9.55. The van der Waals surface area contributed by atoms with Gasteiger partial charge in [-0.15, -0.1) is 0 Å². The van der Waals surface area contributed by atoms with Crippen molar-refractivity contribution in [1.82, 2.24) is 10.2 Å². The number of nitrogens with zero attached hydrogens (tertiary/aromatic N) is 2. The molecule has 5 aliphatic rings. The molecule has 0 saturated carbocycles. The largest absolute Gasteiger partial charge is 0.485 e. The molecule has 0 aromatic heterocycles. The molecule has 9 nitrogen and oxygen atoms in total. The molecule has 4 N–H and O–H groups in total. The van der Waals surface area contributed by atoms with Crippen LogP contribution in [0.25, 0.3) is 0 Å². The lowest BCUT2D eigenvalue weighted by molar-refractivity contribution is -0.132. The number of carbonyl (C=O) groups excluding carboxylic acids is 2. The number of aryl methyl sites for hydroxylation is 1. The second kappa shape index (κ2) is 10.1. The molecule has 218 valence electrons. The summed E-state index contributed by atoms with van der Waals surface area (Å²) in [5.41, 5.74) is 9.23. The highest BCUT2D eigenvalue weighted by Crippen LogP contribution is 2.47. The van der Waals surface area contributed by atoms with Crippen molar-refractivity contribution < 1.29 is 24.2 Å². The molecular formula is C32H40N4O5. The lowest BCUT2D eigenvalue weighted by Gasteiger charge is -2.42. The van der Waals surface area contributed by atoms with Crippen LogP contribution in [0.2, 0.25) is 0 Å². The number of hydrogen-bond donors (Lipinski definition) is 3. The summed E-state index contributed by atoms with van der Waals surface area (Å²) in [6.07, 6.45) is 3.76. The molecule has 0 unspecified atom stereocenters. The number of methoxy groups -OCH3 is 1. The molecular weight excluding hydrogens is 520 g/mol. The molecule has 1 aliphatic carbocycles. The van der Waals surface area contributed by atoms with Crippen molar-refractivity contribution in [2.24, 2.45) is 10.7 Å². The van der Waals surface area contributed by atoms with Gasteiger partial charge in [-0.3, -0.25) is 14.5 Å². The molecule has 41 heavy (non-hydrogen) atoms. The van der Waals surface area contributed by atoms with Crippen LogP contribution in [0.1, 0.15) is 110 Å². The topological polar surface area (TPSA) is 126 Å². The van der Waals surface area contributed by atoms with Gasteiger partial charge >= 0.3 is 0 Å². The molecule has 0 radical (unpaired) electrons.